The number of nitrogens with one attached hydrogen (secondary N) is 1. The third-order valence-electron chi connectivity index (χ3n) is 4.82. The molecule has 0 bridgehead atoms. The molecular formula is C19H22N4. The normalized spacial score (nSPS) is 19.3. The summed E-state index contributed by atoms with van der Waals surface area (Å²) in [5.74, 6) is 0.562. The summed E-state index contributed by atoms with van der Waals surface area (Å²) in [6, 6.07) is 12.7. The lowest BCUT2D eigenvalue weighted by molar-refractivity contribution is 0.196. The predicted octanol–water partition coefficient (Wildman–Crippen LogP) is 3.65. The van der Waals surface area contributed by atoms with Crippen molar-refractivity contribution in [1.29, 1.82) is 0 Å². The van der Waals surface area contributed by atoms with Crippen LogP contribution in [-0.2, 0) is 6.54 Å². The van der Waals surface area contributed by atoms with Crippen molar-refractivity contribution in [3.63, 3.8) is 0 Å². The fourth-order valence-electron chi connectivity index (χ4n) is 3.63. The topological polar surface area (TPSA) is 44.8 Å². The fraction of sp³-hybridized carbons (Fsp3) is 0.368. The molecule has 0 radical (unpaired) electrons. The minimum Gasteiger partial charge on any atom is -0.297 e. The SMILES string of the molecule is Cc1cn[nH]c1[C@H]1CCCN(Cc2ccc3ccccc3n2)C1. The molecule has 1 N–H and O–H groups in total. The number of aryl methyl sites for hydroxylation is 1. The number of piperidine rings is 1. The maximum atomic E-state index is 4.81. The number of benzene rings is 1. The van der Waals surface area contributed by atoms with E-state index < -0.39 is 0 Å². The zero-order valence-corrected chi connectivity index (χ0v) is 13.5. The van der Waals surface area contributed by atoms with Gasteiger partial charge in [-0.1, -0.05) is 24.3 Å². The molecule has 1 fully saturated rings. The van der Waals surface area contributed by atoms with E-state index in [1.54, 1.807) is 0 Å². The van der Waals surface area contributed by atoms with Crippen molar-refractivity contribution in [3.05, 3.63) is 59.5 Å². The highest BCUT2D eigenvalue weighted by Crippen LogP contribution is 2.28. The van der Waals surface area contributed by atoms with E-state index in [-0.39, 0.29) is 0 Å². The van der Waals surface area contributed by atoms with Gasteiger partial charge in [0.25, 0.3) is 0 Å². The van der Waals surface area contributed by atoms with Gasteiger partial charge in [0.1, 0.15) is 0 Å². The molecule has 0 spiro atoms. The number of rotatable bonds is 3. The molecule has 0 unspecified atom stereocenters. The molecule has 118 valence electrons. The Balaban J connectivity index is 1.50. The molecule has 1 atom stereocenters. The second-order valence-corrected chi connectivity index (χ2v) is 6.54. The first kappa shape index (κ1) is 14.4. The van der Waals surface area contributed by atoms with E-state index >= 15 is 0 Å². The summed E-state index contributed by atoms with van der Waals surface area (Å²) in [7, 11) is 0. The van der Waals surface area contributed by atoms with Gasteiger partial charge in [-0.25, -0.2) is 0 Å². The van der Waals surface area contributed by atoms with Crippen LogP contribution in [0, 0.1) is 6.92 Å². The first-order chi connectivity index (χ1) is 11.3. The van der Waals surface area contributed by atoms with Crippen molar-refractivity contribution in [1.82, 2.24) is 20.1 Å². The highest BCUT2D eigenvalue weighted by molar-refractivity contribution is 5.78. The minimum absolute atomic E-state index is 0.562. The second-order valence-electron chi connectivity index (χ2n) is 6.54. The molecule has 0 aliphatic carbocycles. The molecule has 2 aromatic heterocycles. The van der Waals surface area contributed by atoms with Gasteiger partial charge in [0, 0.05) is 30.1 Å². The Kier molecular flexibility index (Phi) is 3.83. The Labute approximate surface area is 136 Å². The lowest BCUT2D eigenvalue weighted by atomic mass is 9.93. The number of H-pyrrole nitrogens is 1. The number of nitrogens with zero attached hydrogens (tertiary/aromatic N) is 3. The lowest BCUT2D eigenvalue weighted by Gasteiger charge is -2.32. The number of hydrogen-bond acceptors (Lipinski definition) is 3. The smallest absolute Gasteiger partial charge is 0.0705 e. The zero-order valence-electron chi connectivity index (χ0n) is 13.5. The van der Waals surface area contributed by atoms with Crippen molar-refractivity contribution in [2.75, 3.05) is 13.1 Å². The van der Waals surface area contributed by atoms with Gasteiger partial charge in [0.2, 0.25) is 0 Å². The van der Waals surface area contributed by atoms with Gasteiger partial charge < -0.3 is 0 Å². The molecule has 1 saturated heterocycles. The largest absolute Gasteiger partial charge is 0.297 e. The van der Waals surface area contributed by atoms with Crippen LogP contribution in [0.15, 0.2) is 42.6 Å². The van der Waals surface area contributed by atoms with E-state index in [9.17, 15) is 0 Å². The van der Waals surface area contributed by atoms with Crippen molar-refractivity contribution in [3.8, 4) is 0 Å². The van der Waals surface area contributed by atoms with Gasteiger partial charge in [0.15, 0.2) is 0 Å². The van der Waals surface area contributed by atoms with E-state index in [0.29, 0.717) is 5.92 Å². The molecule has 0 saturated carbocycles. The van der Waals surface area contributed by atoms with Crippen molar-refractivity contribution in [2.45, 2.75) is 32.2 Å². The first-order valence-electron chi connectivity index (χ1n) is 8.36. The van der Waals surface area contributed by atoms with Crippen LogP contribution in [0.3, 0.4) is 0 Å². The summed E-state index contributed by atoms with van der Waals surface area (Å²) in [5.41, 5.74) is 4.83. The quantitative estimate of drug-likeness (QED) is 0.803. The van der Waals surface area contributed by atoms with Gasteiger partial charge in [-0.05, 0) is 44.0 Å². The number of aromatic amines is 1. The molecule has 1 aromatic carbocycles. The van der Waals surface area contributed by atoms with Gasteiger partial charge in [-0.3, -0.25) is 15.0 Å². The molecule has 0 amide bonds. The van der Waals surface area contributed by atoms with E-state index in [2.05, 4.69) is 58.4 Å². The highest BCUT2D eigenvalue weighted by atomic mass is 15.2. The standard InChI is InChI=1S/C19H22N4/c1-14-11-20-22-19(14)16-6-4-10-23(12-16)13-17-9-8-15-5-2-3-7-18(15)21-17/h2-3,5,7-9,11,16H,4,6,10,12-13H2,1H3,(H,20,22)/t16-/m0/s1. The Morgan fingerprint density at radius 2 is 2.13 bits per heavy atom. The molecule has 1 aliphatic heterocycles. The third-order valence-corrected chi connectivity index (χ3v) is 4.82. The highest BCUT2D eigenvalue weighted by Gasteiger charge is 2.23. The molecule has 4 nitrogen and oxygen atoms in total. The van der Waals surface area contributed by atoms with Gasteiger partial charge >= 0.3 is 0 Å². The third kappa shape index (κ3) is 2.99. The van der Waals surface area contributed by atoms with Crippen molar-refractivity contribution in [2.24, 2.45) is 0 Å². The van der Waals surface area contributed by atoms with E-state index in [4.69, 9.17) is 4.98 Å². The fourth-order valence-corrected chi connectivity index (χ4v) is 3.63. The number of aromatic nitrogens is 3. The van der Waals surface area contributed by atoms with Crippen LogP contribution in [0.4, 0.5) is 0 Å². The lowest BCUT2D eigenvalue weighted by Crippen LogP contribution is -2.34. The summed E-state index contributed by atoms with van der Waals surface area (Å²) in [6.07, 6.45) is 4.40. The summed E-state index contributed by atoms with van der Waals surface area (Å²) in [5, 5.41) is 8.58. The van der Waals surface area contributed by atoms with Crippen molar-refractivity contribution < 1.29 is 0 Å². The number of pyridine rings is 1. The monoisotopic (exact) mass is 306 g/mol. The summed E-state index contributed by atoms with van der Waals surface area (Å²) < 4.78 is 0. The van der Waals surface area contributed by atoms with Gasteiger partial charge in [0.05, 0.1) is 17.4 Å². The number of hydrogen-bond donors (Lipinski definition) is 1. The first-order valence-corrected chi connectivity index (χ1v) is 8.36. The van der Waals surface area contributed by atoms with Gasteiger partial charge in [-0.2, -0.15) is 5.10 Å². The summed E-state index contributed by atoms with van der Waals surface area (Å²) in [6.45, 7) is 5.30. The maximum absolute atomic E-state index is 4.81. The predicted molar refractivity (Wildman–Crippen MR) is 92.3 cm³/mol. The Morgan fingerprint density at radius 3 is 3.00 bits per heavy atom. The molecule has 3 heterocycles. The maximum Gasteiger partial charge on any atom is 0.0705 e. The van der Waals surface area contributed by atoms with E-state index in [0.717, 1.165) is 30.8 Å². The van der Waals surface area contributed by atoms with Crippen LogP contribution in [0.25, 0.3) is 10.9 Å². The van der Waals surface area contributed by atoms with Crippen LogP contribution in [0.5, 0.6) is 0 Å². The summed E-state index contributed by atoms with van der Waals surface area (Å²) >= 11 is 0. The van der Waals surface area contributed by atoms with Crippen molar-refractivity contribution >= 4 is 10.9 Å². The molecule has 4 rings (SSSR count). The average molecular weight is 306 g/mol. The minimum atomic E-state index is 0.562. The number of fused-ring (bicyclic) bond motifs is 1. The Hall–Kier alpha value is -2.20. The van der Waals surface area contributed by atoms with Gasteiger partial charge in [-0.15, -0.1) is 0 Å². The zero-order chi connectivity index (χ0) is 15.6. The molecule has 3 aromatic rings. The van der Waals surface area contributed by atoms with Crippen LogP contribution in [0.1, 0.15) is 35.7 Å². The Morgan fingerprint density at radius 1 is 1.22 bits per heavy atom. The van der Waals surface area contributed by atoms with E-state index in [1.807, 2.05) is 6.20 Å². The average Bonchev–Trinajstić information content (AvgIpc) is 3.01. The van der Waals surface area contributed by atoms with E-state index in [1.165, 1.54) is 29.5 Å². The number of para-hydroxylation sites is 1. The Bertz CT molecular complexity index is 808. The van der Waals surface area contributed by atoms with Crippen LogP contribution < -0.4 is 0 Å². The van der Waals surface area contributed by atoms with Crippen LogP contribution >= 0.6 is 0 Å². The second kappa shape index (κ2) is 6.13. The van der Waals surface area contributed by atoms with Crippen LogP contribution in [-0.4, -0.2) is 33.2 Å². The molecule has 23 heavy (non-hydrogen) atoms. The molecule has 4 heteroatoms. The summed E-state index contributed by atoms with van der Waals surface area (Å²) in [4.78, 5) is 7.33. The molecule has 1 aliphatic rings. The molecular weight excluding hydrogens is 284 g/mol. The number of likely N-dealkylation sites (tertiary alicyclic amines) is 1. The van der Waals surface area contributed by atoms with Crippen LogP contribution in [0.2, 0.25) is 0 Å².